The highest BCUT2D eigenvalue weighted by molar-refractivity contribution is 9.10. The molecular weight excluding hydrogens is 342 g/mol. The third-order valence-electron chi connectivity index (χ3n) is 3.80. The summed E-state index contributed by atoms with van der Waals surface area (Å²) in [6.45, 7) is 6.85. The fourth-order valence-electron chi connectivity index (χ4n) is 2.40. The second-order valence-corrected chi connectivity index (χ2v) is 6.47. The number of benzene rings is 1. The predicted octanol–water partition coefficient (Wildman–Crippen LogP) is 4.22. The molecule has 0 radical (unpaired) electrons. The van der Waals surface area contributed by atoms with E-state index in [2.05, 4.69) is 64.3 Å². The van der Waals surface area contributed by atoms with Gasteiger partial charge < -0.3 is 5.32 Å². The predicted molar refractivity (Wildman–Crippen MR) is 92.2 cm³/mol. The lowest BCUT2D eigenvalue weighted by molar-refractivity contribution is 0.0945. The Kier molecular flexibility index (Phi) is 5.77. The summed E-state index contributed by atoms with van der Waals surface area (Å²) in [5.41, 5.74) is 2.61. The van der Waals surface area contributed by atoms with E-state index in [0.29, 0.717) is 18.2 Å². The van der Waals surface area contributed by atoms with Gasteiger partial charge in [-0.25, -0.2) is 0 Å². The van der Waals surface area contributed by atoms with Crippen LogP contribution in [0.1, 0.15) is 60.8 Å². The average molecular weight is 364 g/mol. The molecule has 0 aliphatic heterocycles. The minimum atomic E-state index is -0.149. The van der Waals surface area contributed by atoms with E-state index in [0.717, 1.165) is 16.6 Å². The average Bonchev–Trinajstić information content (AvgIpc) is 2.90. The van der Waals surface area contributed by atoms with Crippen molar-refractivity contribution in [2.75, 3.05) is 6.54 Å². The Hall–Kier alpha value is -1.62. The summed E-state index contributed by atoms with van der Waals surface area (Å²) in [5, 5.41) is 10.0. The molecule has 1 aromatic heterocycles. The third kappa shape index (κ3) is 3.77. The number of rotatable bonds is 6. The highest BCUT2D eigenvalue weighted by atomic mass is 79.9. The molecule has 2 N–H and O–H groups in total. The van der Waals surface area contributed by atoms with Crippen molar-refractivity contribution >= 4 is 21.8 Å². The SMILES string of the molecule is CCC(CNC(=O)c1n[nH]c(C(C)C)c1Br)c1ccccc1. The van der Waals surface area contributed by atoms with E-state index in [9.17, 15) is 4.79 Å². The summed E-state index contributed by atoms with van der Waals surface area (Å²) < 4.78 is 0.757. The number of nitrogens with zero attached hydrogens (tertiary/aromatic N) is 1. The Labute approximate surface area is 139 Å². The Bertz CT molecular complexity index is 622. The molecule has 1 aromatic carbocycles. The van der Waals surface area contributed by atoms with Gasteiger partial charge in [0.1, 0.15) is 0 Å². The topological polar surface area (TPSA) is 57.8 Å². The second-order valence-electron chi connectivity index (χ2n) is 5.68. The number of H-pyrrole nitrogens is 1. The van der Waals surface area contributed by atoms with Crippen LogP contribution in [-0.2, 0) is 0 Å². The maximum atomic E-state index is 12.3. The van der Waals surface area contributed by atoms with Crippen LogP contribution in [0.5, 0.6) is 0 Å². The van der Waals surface area contributed by atoms with Gasteiger partial charge in [0.25, 0.3) is 5.91 Å². The van der Waals surface area contributed by atoms with E-state index in [1.807, 2.05) is 18.2 Å². The maximum absolute atomic E-state index is 12.3. The fraction of sp³-hybridized carbons (Fsp3) is 0.412. The van der Waals surface area contributed by atoms with Crippen LogP contribution < -0.4 is 5.32 Å². The van der Waals surface area contributed by atoms with Crippen molar-refractivity contribution in [3.05, 3.63) is 51.8 Å². The lowest BCUT2D eigenvalue weighted by atomic mass is 9.96. The van der Waals surface area contributed by atoms with Crippen molar-refractivity contribution in [2.45, 2.75) is 39.0 Å². The number of aromatic amines is 1. The Morgan fingerprint density at radius 2 is 2.00 bits per heavy atom. The van der Waals surface area contributed by atoms with E-state index in [1.165, 1.54) is 5.56 Å². The van der Waals surface area contributed by atoms with E-state index in [-0.39, 0.29) is 11.8 Å². The van der Waals surface area contributed by atoms with Crippen LogP contribution in [0, 0.1) is 0 Å². The molecule has 5 heteroatoms. The van der Waals surface area contributed by atoms with Gasteiger partial charge in [-0.2, -0.15) is 5.10 Å². The number of aromatic nitrogens is 2. The quantitative estimate of drug-likeness (QED) is 0.806. The first-order chi connectivity index (χ1) is 10.5. The molecular formula is C17H22BrN3O. The first-order valence-corrected chi connectivity index (χ1v) is 8.40. The molecule has 1 unspecified atom stereocenters. The van der Waals surface area contributed by atoms with E-state index in [1.54, 1.807) is 0 Å². The number of carbonyl (C=O) groups excluding carboxylic acids is 1. The van der Waals surface area contributed by atoms with Crippen LogP contribution >= 0.6 is 15.9 Å². The molecule has 2 rings (SSSR count). The summed E-state index contributed by atoms with van der Waals surface area (Å²) in [5.74, 6) is 0.452. The number of nitrogens with one attached hydrogen (secondary N) is 2. The minimum Gasteiger partial charge on any atom is -0.350 e. The standard InChI is InChI=1S/C17H22BrN3O/c1-4-12(13-8-6-5-7-9-13)10-19-17(22)16-14(18)15(11(2)3)20-21-16/h5-9,11-12H,4,10H2,1-3H3,(H,19,22)(H,20,21). The third-order valence-corrected chi connectivity index (χ3v) is 4.60. The van der Waals surface area contributed by atoms with Crippen LogP contribution in [0.25, 0.3) is 0 Å². The molecule has 0 fully saturated rings. The van der Waals surface area contributed by atoms with Gasteiger partial charge in [0.15, 0.2) is 5.69 Å². The van der Waals surface area contributed by atoms with Gasteiger partial charge in [-0.3, -0.25) is 9.89 Å². The Morgan fingerprint density at radius 3 is 2.55 bits per heavy atom. The van der Waals surface area contributed by atoms with Gasteiger partial charge in [0.05, 0.1) is 10.2 Å². The van der Waals surface area contributed by atoms with Crippen LogP contribution in [0.4, 0.5) is 0 Å². The van der Waals surface area contributed by atoms with Gasteiger partial charge in [0, 0.05) is 12.5 Å². The minimum absolute atomic E-state index is 0.149. The zero-order chi connectivity index (χ0) is 16.1. The molecule has 0 saturated heterocycles. The summed E-state index contributed by atoms with van der Waals surface area (Å²) in [7, 11) is 0. The molecule has 0 spiro atoms. The molecule has 1 amide bonds. The van der Waals surface area contributed by atoms with Gasteiger partial charge >= 0.3 is 0 Å². The highest BCUT2D eigenvalue weighted by Crippen LogP contribution is 2.25. The van der Waals surface area contributed by atoms with Crippen molar-refractivity contribution in [1.29, 1.82) is 0 Å². The van der Waals surface area contributed by atoms with Crippen molar-refractivity contribution in [3.63, 3.8) is 0 Å². The Balaban J connectivity index is 2.03. The molecule has 118 valence electrons. The highest BCUT2D eigenvalue weighted by Gasteiger charge is 2.20. The van der Waals surface area contributed by atoms with Crippen molar-refractivity contribution < 1.29 is 4.79 Å². The number of hydrogen-bond acceptors (Lipinski definition) is 2. The molecule has 4 nitrogen and oxygen atoms in total. The molecule has 0 bridgehead atoms. The van der Waals surface area contributed by atoms with Crippen LogP contribution in [0.15, 0.2) is 34.8 Å². The van der Waals surface area contributed by atoms with Crippen molar-refractivity contribution in [2.24, 2.45) is 0 Å². The molecule has 1 atom stereocenters. The van der Waals surface area contributed by atoms with E-state index >= 15 is 0 Å². The van der Waals surface area contributed by atoms with E-state index < -0.39 is 0 Å². The summed E-state index contributed by atoms with van der Waals surface area (Å²) >= 11 is 3.47. The molecule has 0 aliphatic rings. The number of halogens is 1. The largest absolute Gasteiger partial charge is 0.350 e. The Morgan fingerprint density at radius 1 is 1.32 bits per heavy atom. The summed E-state index contributed by atoms with van der Waals surface area (Å²) in [4.78, 5) is 12.3. The van der Waals surface area contributed by atoms with Crippen LogP contribution in [0.2, 0.25) is 0 Å². The number of amides is 1. The maximum Gasteiger partial charge on any atom is 0.272 e. The van der Waals surface area contributed by atoms with E-state index in [4.69, 9.17) is 0 Å². The molecule has 22 heavy (non-hydrogen) atoms. The molecule has 0 saturated carbocycles. The van der Waals surface area contributed by atoms with Crippen LogP contribution in [-0.4, -0.2) is 22.6 Å². The number of hydrogen-bond donors (Lipinski definition) is 2. The number of carbonyl (C=O) groups is 1. The smallest absolute Gasteiger partial charge is 0.272 e. The zero-order valence-electron chi connectivity index (χ0n) is 13.2. The lowest BCUT2D eigenvalue weighted by Gasteiger charge is -2.15. The normalized spacial score (nSPS) is 12.4. The second kappa shape index (κ2) is 7.58. The van der Waals surface area contributed by atoms with Gasteiger partial charge in [-0.15, -0.1) is 0 Å². The summed E-state index contributed by atoms with van der Waals surface area (Å²) in [6, 6.07) is 10.3. The first kappa shape index (κ1) is 16.7. The van der Waals surface area contributed by atoms with Crippen LogP contribution in [0.3, 0.4) is 0 Å². The fourth-order valence-corrected chi connectivity index (χ4v) is 3.21. The molecule has 2 aromatic rings. The van der Waals surface area contributed by atoms with Crippen molar-refractivity contribution in [1.82, 2.24) is 15.5 Å². The zero-order valence-corrected chi connectivity index (χ0v) is 14.8. The van der Waals surface area contributed by atoms with Gasteiger partial charge in [0.2, 0.25) is 0 Å². The summed E-state index contributed by atoms with van der Waals surface area (Å²) in [6.07, 6.45) is 0.975. The molecule has 1 heterocycles. The van der Waals surface area contributed by atoms with Gasteiger partial charge in [-0.1, -0.05) is 51.1 Å². The first-order valence-electron chi connectivity index (χ1n) is 7.61. The van der Waals surface area contributed by atoms with Gasteiger partial charge in [-0.05, 0) is 33.8 Å². The lowest BCUT2D eigenvalue weighted by Crippen LogP contribution is -2.28. The van der Waals surface area contributed by atoms with Crippen molar-refractivity contribution in [3.8, 4) is 0 Å². The monoisotopic (exact) mass is 363 g/mol. The molecule has 0 aliphatic carbocycles.